The quantitative estimate of drug-likeness (QED) is 0.743. The summed E-state index contributed by atoms with van der Waals surface area (Å²) in [5.74, 6) is 0. The predicted molar refractivity (Wildman–Crippen MR) is 92.9 cm³/mol. The molecule has 0 unspecified atom stereocenters. The summed E-state index contributed by atoms with van der Waals surface area (Å²) in [6.07, 6.45) is 16.6. The first-order chi connectivity index (χ1) is 10.9. The molecule has 1 saturated carbocycles. The van der Waals surface area contributed by atoms with Gasteiger partial charge in [-0.3, -0.25) is 4.90 Å². The Labute approximate surface area is 134 Å². The lowest BCUT2D eigenvalue weighted by Crippen LogP contribution is -2.47. The van der Waals surface area contributed by atoms with E-state index in [1.807, 2.05) is 0 Å². The highest BCUT2D eigenvalue weighted by atomic mass is 15.1. The molecule has 0 N–H and O–H groups in total. The van der Waals surface area contributed by atoms with Gasteiger partial charge in [-0.15, -0.1) is 0 Å². The van der Waals surface area contributed by atoms with Gasteiger partial charge in [0.15, 0.2) is 0 Å². The first-order valence-electron chi connectivity index (χ1n) is 9.02. The van der Waals surface area contributed by atoms with Crippen molar-refractivity contribution in [3.05, 3.63) is 59.2 Å². The summed E-state index contributed by atoms with van der Waals surface area (Å²) in [4.78, 5) is 2.70. The van der Waals surface area contributed by atoms with Crippen LogP contribution < -0.4 is 0 Å². The number of rotatable bonds is 2. The average Bonchev–Trinajstić information content (AvgIpc) is 2.57. The summed E-state index contributed by atoms with van der Waals surface area (Å²) in [6, 6.07) is 9.25. The van der Waals surface area contributed by atoms with Crippen LogP contribution >= 0.6 is 0 Å². The molecule has 4 rings (SSSR count). The summed E-state index contributed by atoms with van der Waals surface area (Å²) in [5.41, 5.74) is 5.21. The van der Waals surface area contributed by atoms with Crippen LogP contribution in [0.2, 0.25) is 0 Å². The minimum Gasteiger partial charge on any atom is -0.294 e. The molecule has 2 aliphatic carbocycles. The molecular weight excluding hydrogens is 266 g/mol. The van der Waals surface area contributed by atoms with Gasteiger partial charge in [0, 0.05) is 25.0 Å². The molecule has 0 aromatic heterocycles. The monoisotopic (exact) mass is 293 g/mol. The molecule has 0 amide bonds. The molecule has 22 heavy (non-hydrogen) atoms. The van der Waals surface area contributed by atoms with E-state index in [-0.39, 0.29) is 0 Å². The normalized spacial score (nSPS) is 24.1. The van der Waals surface area contributed by atoms with Crippen molar-refractivity contribution >= 4 is 0 Å². The summed E-state index contributed by atoms with van der Waals surface area (Å²) < 4.78 is 0. The maximum absolute atomic E-state index is 2.70. The van der Waals surface area contributed by atoms with E-state index in [9.17, 15) is 0 Å². The molecule has 1 aromatic rings. The highest BCUT2D eigenvalue weighted by Gasteiger charge is 2.40. The molecule has 116 valence electrons. The molecule has 0 radical (unpaired) electrons. The molecule has 1 aromatic carbocycles. The van der Waals surface area contributed by atoms with Crippen LogP contribution in [0.15, 0.2) is 48.1 Å². The molecule has 1 heteroatoms. The molecule has 1 heterocycles. The van der Waals surface area contributed by atoms with Crippen molar-refractivity contribution in [3.8, 4) is 0 Å². The predicted octanol–water partition coefficient (Wildman–Crippen LogP) is 4.98. The largest absolute Gasteiger partial charge is 0.294 e. The lowest BCUT2D eigenvalue weighted by Gasteiger charge is -2.47. The van der Waals surface area contributed by atoms with Gasteiger partial charge in [0.2, 0.25) is 0 Å². The van der Waals surface area contributed by atoms with Crippen LogP contribution in [0.1, 0.15) is 56.1 Å². The summed E-state index contributed by atoms with van der Waals surface area (Å²) in [7, 11) is 0. The minimum atomic E-state index is 0.437. The van der Waals surface area contributed by atoms with Crippen LogP contribution in [-0.4, -0.2) is 18.0 Å². The van der Waals surface area contributed by atoms with Gasteiger partial charge in [0.25, 0.3) is 0 Å². The second kappa shape index (κ2) is 6.04. The lowest BCUT2D eigenvalue weighted by atomic mass is 9.66. The van der Waals surface area contributed by atoms with Crippen LogP contribution in [-0.2, 0) is 12.0 Å². The van der Waals surface area contributed by atoms with E-state index in [2.05, 4.69) is 47.4 Å². The van der Waals surface area contributed by atoms with Gasteiger partial charge in [-0.1, -0.05) is 61.8 Å². The van der Waals surface area contributed by atoms with E-state index in [1.54, 1.807) is 11.1 Å². The van der Waals surface area contributed by atoms with E-state index in [0.29, 0.717) is 5.41 Å². The van der Waals surface area contributed by atoms with Gasteiger partial charge in [-0.25, -0.2) is 0 Å². The second-order valence-corrected chi connectivity index (χ2v) is 7.40. The van der Waals surface area contributed by atoms with Gasteiger partial charge in [-0.2, -0.15) is 0 Å². The molecule has 0 bridgehead atoms. The van der Waals surface area contributed by atoms with Crippen molar-refractivity contribution in [3.63, 3.8) is 0 Å². The number of hydrogen-bond donors (Lipinski definition) is 0. The molecule has 1 nitrogen and oxygen atoms in total. The fraction of sp³-hybridized carbons (Fsp3) is 0.524. The molecule has 1 aliphatic heterocycles. The molecule has 3 aliphatic rings. The number of fused-ring (bicyclic) bond motifs is 2. The van der Waals surface area contributed by atoms with Crippen LogP contribution in [0.3, 0.4) is 0 Å². The highest BCUT2D eigenvalue weighted by Crippen LogP contribution is 2.44. The van der Waals surface area contributed by atoms with E-state index in [0.717, 1.165) is 13.1 Å². The third kappa shape index (κ3) is 2.67. The summed E-state index contributed by atoms with van der Waals surface area (Å²) >= 11 is 0. The highest BCUT2D eigenvalue weighted by molar-refractivity contribution is 5.38. The number of hydrogen-bond acceptors (Lipinski definition) is 1. The van der Waals surface area contributed by atoms with Gasteiger partial charge in [0.05, 0.1) is 0 Å². The van der Waals surface area contributed by atoms with Crippen LogP contribution in [0.25, 0.3) is 0 Å². The smallest absolute Gasteiger partial charge is 0.0240 e. The molecule has 1 spiro atoms. The maximum atomic E-state index is 2.70. The average molecular weight is 293 g/mol. The molecule has 1 fully saturated rings. The Bertz CT molecular complexity index is 590. The zero-order chi connectivity index (χ0) is 14.8. The third-order valence-corrected chi connectivity index (χ3v) is 5.80. The Hall–Kier alpha value is -1.34. The van der Waals surface area contributed by atoms with E-state index in [4.69, 9.17) is 0 Å². The Morgan fingerprint density at radius 2 is 1.86 bits per heavy atom. The SMILES string of the molecule is C1=CC(CN2Cc3ccccc3C3(CCCCC3)C2)=CCC1. The van der Waals surface area contributed by atoms with Crippen molar-refractivity contribution in [1.82, 2.24) is 4.90 Å². The molecule has 0 atom stereocenters. The fourth-order valence-electron chi connectivity index (χ4n) is 4.80. The van der Waals surface area contributed by atoms with Crippen LogP contribution in [0.4, 0.5) is 0 Å². The van der Waals surface area contributed by atoms with Crippen molar-refractivity contribution in [2.75, 3.05) is 13.1 Å². The third-order valence-electron chi connectivity index (χ3n) is 5.80. The molecular formula is C21H27N. The summed E-state index contributed by atoms with van der Waals surface area (Å²) in [6.45, 7) is 3.52. The minimum absolute atomic E-state index is 0.437. The Balaban J connectivity index is 1.61. The second-order valence-electron chi connectivity index (χ2n) is 7.40. The summed E-state index contributed by atoms with van der Waals surface area (Å²) in [5, 5.41) is 0. The first-order valence-corrected chi connectivity index (χ1v) is 9.02. The molecule has 0 saturated heterocycles. The first kappa shape index (κ1) is 14.3. The van der Waals surface area contributed by atoms with E-state index < -0.39 is 0 Å². The lowest BCUT2D eigenvalue weighted by molar-refractivity contribution is 0.151. The Kier molecular flexibility index (Phi) is 3.92. The number of benzene rings is 1. The zero-order valence-electron chi connectivity index (χ0n) is 13.6. The van der Waals surface area contributed by atoms with Gasteiger partial charge >= 0.3 is 0 Å². The maximum Gasteiger partial charge on any atom is 0.0240 e. The van der Waals surface area contributed by atoms with Gasteiger partial charge in [-0.05, 0) is 42.4 Å². The van der Waals surface area contributed by atoms with Crippen molar-refractivity contribution < 1.29 is 0 Å². The van der Waals surface area contributed by atoms with Gasteiger partial charge < -0.3 is 0 Å². The number of allylic oxidation sites excluding steroid dienone is 2. The Morgan fingerprint density at radius 1 is 1.00 bits per heavy atom. The van der Waals surface area contributed by atoms with E-state index in [1.165, 1.54) is 57.1 Å². The Morgan fingerprint density at radius 3 is 2.68 bits per heavy atom. The van der Waals surface area contributed by atoms with E-state index >= 15 is 0 Å². The topological polar surface area (TPSA) is 3.24 Å². The van der Waals surface area contributed by atoms with Crippen LogP contribution in [0.5, 0.6) is 0 Å². The number of nitrogens with zero attached hydrogens (tertiary/aromatic N) is 1. The van der Waals surface area contributed by atoms with Crippen molar-refractivity contribution in [1.29, 1.82) is 0 Å². The van der Waals surface area contributed by atoms with Crippen molar-refractivity contribution in [2.24, 2.45) is 0 Å². The zero-order valence-corrected chi connectivity index (χ0v) is 13.6. The standard InChI is InChI=1S/C21H27N/c1-3-9-18(10-4-1)15-22-16-19-11-5-6-12-20(19)21(17-22)13-7-2-8-14-21/h3,5-6,9-12H,1-2,4,7-8,13-17H2. The van der Waals surface area contributed by atoms with Crippen molar-refractivity contribution in [2.45, 2.75) is 56.9 Å². The van der Waals surface area contributed by atoms with Crippen LogP contribution in [0, 0.1) is 0 Å². The fourth-order valence-corrected chi connectivity index (χ4v) is 4.80. The van der Waals surface area contributed by atoms with Gasteiger partial charge in [0.1, 0.15) is 0 Å².